The van der Waals surface area contributed by atoms with E-state index in [1.807, 2.05) is 54.6 Å². The van der Waals surface area contributed by atoms with Crippen molar-refractivity contribution in [3.05, 3.63) is 66.4 Å². The Labute approximate surface area is 194 Å². The molecule has 2 N–H and O–H groups in total. The first-order valence-electron chi connectivity index (χ1n) is 11.0. The summed E-state index contributed by atoms with van der Waals surface area (Å²) < 4.78 is 10.4. The maximum absolute atomic E-state index is 12.6. The summed E-state index contributed by atoms with van der Waals surface area (Å²) in [5.41, 5.74) is 1.98. The number of anilines is 3. The van der Waals surface area contributed by atoms with E-state index in [2.05, 4.69) is 25.5 Å². The Morgan fingerprint density at radius 3 is 2.24 bits per heavy atom. The van der Waals surface area contributed by atoms with E-state index in [4.69, 9.17) is 9.47 Å². The van der Waals surface area contributed by atoms with Crippen LogP contribution in [0.4, 0.5) is 17.5 Å². The predicted molar refractivity (Wildman–Crippen MR) is 128 cm³/mol. The normalized spacial score (nSPS) is 13.9. The van der Waals surface area contributed by atoms with Crippen LogP contribution in [0.15, 0.2) is 60.8 Å². The van der Waals surface area contributed by atoms with Crippen molar-refractivity contribution < 1.29 is 14.3 Å². The molecule has 4 rings (SSSR count). The van der Waals surface area contributed by atoms with Crippen molar-refractivity contribution in [2.45, 2.75) is 19.4 Å². The van der Waals surface area contributed by atoms with Crippen molar-refractivity contribution in [2.75, 3.05) is 37.5 Å². The van der Waals surface area contributed by atoms with Crippen LogP contribution in [-0.4, -0.2) is 43.2 Å². The van der Waals surface area contributed by atoms with Gasteiger partial charge in [0.25, 0.3) is 0 Å². The molecule has 1 aliphatic rings. The van der Waals surface area contributed by atoms with Gasteiger partial charge in [0.1, 0.15) is 17.3 Å². The average molecular weight is 448 g/mol. The van der Waals surface area contributed by atoms with Crippen molar-refractivity contribution in [1.29, 1.82) is 0 Å². The summed E-state index contributed by atoms with van der Waals surface area (Å²) in [5, 5.41) is 6.35. The van der Waals surface area contributed by atoms with Gasteiger partial charge in [-0.2, -0.15) is 4.98 Å². The van der Waals surface area contributed by atoms with E-state index in [9.17, 15) is 4.79 Å². The van der Waals surface area contributed by atoms with Gasteiger partial charge in [-0.15, -0.1) is 0 Å². The fourth-order valence-electron chi connectivity index (χ4n) is 3.81. The van der Waals surface area contributed by atoms with Gasteiger partial charge in [0.05, 0.1) is 14.2 Å². The monoisotopic (exact) mass is 447 g/mol. The van der Waals surface area contributed by atoms with Gasteiger partial charge in [-0.3, -0.25) is 4.79 Å². The third kappa shape index (κ3) is 5.91. The molecule has 0 bridgehead atoms. The number of carbonyl (C=O) groups excluding carboxylic acids is 1. The number of methoxy groups -OCH3 is 2. The maximum Gasteiger partial charge on any atom is 0.227 e. The molecule has 2 heterocycles. The minimum Gasteiger partial charge on any atom is -0.497 e. The number of ether oxygens (including phenoxy) is 2. The summed E-state index contributed by atoms with van der Waals surface area (Å²) in [5.74, 6) is 3.11. The fourth-order valence-corrected chi connectivity index (χ4v) is 3.81. The van der Waals surface area contributed by atoms with Crippen molar-refractivity contribution >= 4 is 23.4 Å². The first-order chi connectivity index (χ1) is 16.1. The van der Waals surface area contributed by atoms with E-state index in [0.717, 1.165) is 54.5 Å². The van der Waals surface area contributed by atoms with E-state index >= 15 is 0 Å². The lowest BCUT2D eigenvalue weighted by Gasteiger charge is -2.31. The zero-order valence-electron chi connectivity index (χ0n) is 19.0. The molecule has 0 unspecified atom stereocenters. The lowest BCUT2D eigenvalue weighted by atomic mass is 9.96. The number of rotatable bonds is 8. The van der Waals surface area contributed by atoms with Gasteiger partial charge in [-0.05, 0) is 60.9 Å². The minimum atomic E-state index is 0.0000974. The Morgan fingerprint density at radius 1 is 0.970 bits per heavy atom. The molecule has 0 aliphatic carbocycles. The van der Waals surface area contributed by atoms with Gasteiger partial charge in [0, 0.05) is 37.4 Å². The molecular formula is C25H29N5O3. The van der Waals surface area contributed by atoms with Crippen molar-refractivity contribution in [1.82, 2.24) is 15.3 Å². The van der Waals surface area contributed by atoms with Crippen molar-refractivity contribution in [3.63, 3.8) is 0 Å². The summed E-state index contributed by atoms with van der Waals surface area (Å²) in [4.78, 5) is 23.9. The molecule has 0 atom stereocenters. The minimum absolute atomic E-state index is 0.0000974. The lowest BCUT2D eigenvalue weighted by Crippen LogP contribution is -2.41. The molecule has 0 spiro atoms. The zero-order valence-corrected chi connectivity index (χ0v) is 19.0. The smallest absolute Gasteiger partial charge is 0.227 e. The van der Waals surface area contributed by atoms with Crippen LogP contribution in [0.1, 0.15) is 18.4 Å². The molecule has 3 aromatic rings. The highest BCUT2D eigenvalue weighted by atomic mass is 16.5. The highest BCUT2D eigenvalue weighted by Gasteiger charge is 2.26. The Morgan fingerprint density at radius 2 is 1.61 bits per heavy atom. The first-order valence-corrected chi connectivity index (χ1v) is 11.0. The number of hydrogen-bond donors (Lipinski definition) is 2. The van der Waals surface area contributed by atoms with Crippen LogP contribution >= 0.6 is 0 Å². The summed E-state index contributed by atoms with van der Waals surface area (Å²) in [7, 11) is 3.29. The molecule has 0 saturated carbocycles. The SMILES string of the molecule is COc1ccc(CNC(=O)C2CCN(c3nccc(Nc4ccc(OC)cc4)n3)CC2)cc1. The Balaban J connectivity index is 1.28. The summed E-state index contributed by atoms with van der Waals surface area (Å²) in [6.07, 6.45) is 3.30. The second kappa shape index (κ2) is 10.7. The number of nitrogens with zero attached hydrogens (tertiary/aromatic N) is 3. The number of nitrogens with one attached hydrogen (secondary N) is 2. The molecule has 33 heavy (non-hydrogen) atoms. The molecule has 0 radical (unpaired) electrons. The van der Waals surface area contributed by atoms with Gasteiger partial charge in [-0.25, -0.2) is 4.98 Å². The third-order valence-electron chi connectivity index (χ3n) is 5.78. The molecule has 8 heteroatoms. The van der Waals surface area contributed by atoms with Gasteiger partial charge in [0.15, 0.2) is 0 Å². The Kier molecular flexibility index (Phi) is 7.24. The largest absolute Gasteiger partial charge is 0.497 e. The average Bonchev–Trinajstić information content (AvgIpc) is 2.88. The fraction of sp³-hybridized carbons (Fsp3) is 0.320. The van der Waals surface area contributed by atoms with Crippen molar-refractivity contribution in [2.24, 2.45) is 5.92 Å². The van der Waals surface area contributed by atoms with Crippen LogP contribution in [0.25, 0.3) is 0 Å². The molecule has 1 saturated heterocycles. The number of benzene rings is 2. The van der Waals surface area contributed by atoms with Crippen LogP contribution in [-0.2, 0) is 11.3 Å². The van der Waals surface area contributed by atoms with Crippen LogP contribution in [0.5, 0.6) is 11.5 Å². The second-order valence-electron chi connectivity index (χ2n) is 7.92. The van der Waals surface area contributed by atoms with Gasteiger partial charge >= 0.3 is 0 Å². The molecule has 1 aromatic heterocycles. The second-order valence-corrected chi connectivity index (χ2v) is 7.92. The van der Waals surface area contributed by atoms with E-state index in [1.165, 1.54) is 0 Å². The standard InChI is InChI=1S/C25H29N5O3/c1-32-21-7-3-18(4-8-21)17-27-24(31)19-12-15-30(16-13-19)25-26-14-11-23(29-25)28-20-5-9-22(33-2)10-6-20/h3-11,14,19H,12-13,15-17H2,1-2H3,(H,27,31)(H,26,28,29). The highest BCUT2D eigenvalue weighted by molar-refractivity contribution is 5.79. The first kappa shape index (κ1) is 22.4. The summed E-state index contributed by atoms with van der Waals surface area (Å²) >= 11 is 0. The number of carbonyl (C=O) groups is 1. The predicted octanol–water partition coefficient (Wildman–Crippen LogP) is 3.77. The summed E-state index contributed by atoms with van der Waals surface area (Å²) in [6.45, 7) is 2.00. The summed E-state index contributed by atoms with van der Waals surface area (Å²) in [6, 6.07) is 17.2. The van der Waals surface area contributed by atoms with Crippen molar-refractivity contribution in [3.8, 4) is 11.5 Å². The van der Waals surface area contributed by atoms with E-state index in [-0.39, 0.29) is 11.8 Å². The maximum atomic E-state index is 12.6. The molecule has 8 nitrogen and oxygen atoms in total. The Hall–Kier alpha value is -3.81. The van der Waals surface area contributed by atoms with E-state index in [0.29, 0.717) is 12.5 Å². The zero-order chi connectivity index (χ0) is 23.0. The van der Waals surface area contributed by atoms with Gasteiger partial charge in [-0.1, -0.05) is 12.1 Å². The number of hydrogen-bond acceptors (Lipinski definition) is 7. The van der Waals surface area contributed by atoms with Crippen LogP contribution in [0, 0.1) is 5.92 Å². The van der Waals surface area contributed by atoms with Gasteiger partial charge in [0.2, 0.25) is 11.9 Å². The number of piperidine rings is 1. The van der Waals surface area contributed by atoms with Crippen LogP contribution in [0.3, 0.4) is 0 Å². The molecular weight excluding hydrogens is 418 g/mol. The number of amides is 1. The molecule has 1 fully saturated rings. The van der Waals surface area contributed by atoms with Crippen LogP contribution < -0.4 is 25.0 Å². The molecule has 2 aromatic carbocycles. The quantitative estimate of drug-likeness (QED) is 0.543. The highest BCUT2D eigenvalue weighted by Crippen LogP contribution is 2.23. The third-order valence-corrected chi connectivity index (χ3v) is 5.78. The number of aromatic nitrogens is 2. The molecule has 172 valence electrons. The topological polar surface area (TPSA) is 88.6 Å². The van der Waals surface area contributed by atoms with Crippen LogP contribution in [0.2, 0.25) is 0 Å². The molecule has 1 amide bonds. The lowest BCUT2D eigenvalue weighted by molar-refractivity contribution is -0.125. The molecule has 1 aliphatic heterocycles. The van der Waals surface area contributed by atoms with E-state index in [1.54, 1.807) is 20.4 Å². The Bertz CT molecular complexity index is 1050. The van der Waals surface area contributed by atoms with E-state index < -0.39 is 0 Å². The van der Waals surface area contributed by atoms with Gasteiger partial charge < -0.3 is 25.0 Å².